The van der Waals surface area contributed by atoms with E-state index in [0.29, 0.717) is 5.69 Å². The molecule has 0 saturated heterocycles. The lowest BCUT2D eigenvalue weighted by atomic mass is 10.1. The molecule has 3 aromatic rings. The van der Waals surface area contributed by atoms with Gasteiger partial charge >= 0.3 is 6.01 Å². The molecule has 0 spiro atoms. The van der Waals surface area contributed by atoms with Gasteiger partial charge in [-0.05, 0) is 30.7 Å². The van der Waals surface area contributed by atoms with Gasteiger partial charge in [-0.25, -0.2) is 0 Å². The van der Waals surface area contributed by atoms with E-state index >= 15 is 0 Å². The molecule has 0 aliphatic heterocycles. The van der Waals surface area contributed by atoms with Gasteiger partial charge in [0.25, 0.3) is 5.89 Å². The van der Waals surface area contributed by atoms with Gasteiger partial charge in [0.15, 0.2) is 0 Å². The van der Waals surface area contributed by atoms with Crippen LogP contribution in [0.15, 0.2) is 34.7 Å². The Morgan fingerprint density at radius 3 is 2.67 bits per heavy atom. The van der Waals surface area contributed by atoms with Gasteiger partial charge < -0.3 is 9.15 Å². The van der Waals surface area contributed by atoms with Gasteiger partial charge in [-0.15, -0.1) is 5.10 Å². The van der Waals surface area contributed by atoms with E-state index in [1.807, 2.05) is 32.2 Å². The third-order valence-corrected chi connectivity index (χ3v) is 3.53. The summed E-state index contributed by atoms with van der Waals surface area (Å²) in [6.45, 7) is 1.92. The molecule has 1 aromatic carbocycles. The van der Waals surface area contributed by atoms with E-state index in [2.05, 4.69) is 20.6 Å². The number of ether oxygens (including phenoxy) is 1. The maximum Gasteiger partial charge on any atom is 0.322 e. The standard InChI is InChI=1S/C16H17N5O3/c1-10-8-13(20-21(10)2)15-18-19-16(24-15)17-14(22)9-11-4-6-12(23-3)7-5-11/h4-8H,9H2,1-3H3,(H,17,19,22). The summed E-state index contributed by atoms with van der Waals surface area (Å²) in [5, 5.41) is 14.6. The normalized spacial score (nSPS) is 10.6. The molecule has 1 amide bonds. The van der Waals surface area contributed by atoms with Crippen LogP contribution in [0.5, 0.6) is 5.75 Å². The predicted molar refractivity (Wildman–Crippen MR) is 86.6 cm³/mol. The second-order valence-electron chi connectivity index (χ2n) is 5.28. The molecule has 0 aliphatic rings. The Bertz CT molecular complexity index is 831. The topological polar surface area (TPSA) is 95.1 Å². The van der Waals surface area contributed by atoms with Crippen LogP contribution in [0.2, 0.25) is 0 Å². The fourth-order valence-electron chi connectivity index (χ4n) is 2.13. The van der Waals surface area contributed by atoms with E-state index in [1.165, 1.54) is 0 Å². The van der Waals surface area contributed by atoms with Crippen LogP contribution in [-0.2, 0) is 18.3 Å². The number of carbonyl (C=O) groups is 1. The molecule has 0 fully saturated rings. The van der Waals surface area contributed by atoms with Gasteiger partial charge in [0.1, 0.15) is 11.4 Å². The Labute approximate surface area is 138 Å². The molecular weight excluding hydrogens is 310 g/mol. The first-order chi connectivity index (χ1) is 11.5. The quantitative estimate of drug-likeness (QED) is 0.770. The summed E-state index contributed by atoms with van der Waals surface area (Å²) in [5.74, 6) is 0.761. The molecule has 124 valence electrons. The molecule has 8 nitrogen and oxygen atoms in total. The minimum absolute atomic E-state index is 0.0480. The highest BCUT2D eigenvalue weighted by Gasteiger charge is 2.14. The lowest BCUT2D eigenvalue weighted by Gasteiger charge is -2.03. The first-order valence-corrected chi connectivity index (χ1v) is 7.32. The van der Waals surface area contributed by atoms with E-state index in [4.69, 9.17) is 9.15 Å². The maximum absolute atomic E-state index is 12.1. The number of nitrogens with zero attached hydrogens (tertiary/aromatic N) is 4. The van der Waals surface area contributed by atoms with Crippen molar-refractivity contribution in [1.82, 2.24) is 20.0 Å². The molecule has 0 radical (unpaired) electrons. The Hall–Kier alpha value is -3.16. The highest BCUT2D eigenvalue weighted by Crippen LogP contribution is 2.19. The van der Waals surface area contributed by atoms with Gasteiger partial charge in [0.2, 0.25) is 5.91 Å². The number of anilines is 1. The summed E-state index contributed by atoms with van der Waals surface area (Å²) in [7, 11) is 3.42. The minimum Gasteiger partial charge on any atom is -0.497 e. The molecule has 3 rings (SSSR count). The number of hydrogen-bond donors (Lipinski definition) is 1. The largest absolute Gasteiger partial charge is 0.497 e. The second kappa shape index (κ2) is 6.53. The Morgan fingerprint density at radius 2 is 2.04 bits per heavy atom. The summed E-state index contributed by atoms with van der Waals surface area (Å²) in [6.07, 6.45) is 0.199. The van der Waals surface area contributed by atoms with Crippen molar-refractivity contribution < 1.29 is 13.9 Å². The number of aryl methyl sites for hydroxylation is 2. The molecule has 0 aliphatic carbocycles. The fraction of sp³-hybridized carbons (Fsp3) is 0.250. The second-order valence-corrected chi connectivity index (χ2v) is 5.28. The van der Waals surface area contributed by atoms with Crippen molar-refractivity contribution >= 4 is 11.9 Å². The molecule has 0 unspecified atom stereocenters. The van der Waals surface area contributed by atoms with Crippen LogP contribution in [0.1, 0.15) is 11.3 Å². The van der Waals surface area contributed by atoms with Crippen molar-refractivity contribution in [2.24, 2.45) is 7.05 Å². The minimum atomic E-state index is -0.243. The molecule has 2 aromatic heterocycles. The monoisotopic (exact) mass is 327 g/mol. The van der Waals surface area contributed by atoms with E-state index in [9.17, 15) is 4.79 Å². The molecule has 24 heavy (non-hydrogen) atoms. The summed E-state index contributed by atoms with van der Waals surface area (Å²) < 4.78 is 12.2. The van der Waals surface area contributed by atoms with Crippen molar-refractivity contribution in [2.45, 2.75) is 13.3 Å². The molecule has 0 atom stereocenters. The zero-order valence-electron chi connectivity index (χ0n) is 13.6. The maximum atomic E-state index is 12.1. The lowest BCUT2D eigenvalue weighted by molar-refractivity contribution is -0.115. The van der Waals surface area contributed by atoms with Crippen LogP contribution in [0.3, 0.4) is 0 Å². The fourth-order valence-corrected chi connectivity index (χ4v) is 2.13. The van der Waals surface area contributed by atoms with Crippen molar-refractivity contribution in [3.05, 3.63) is 41.6 Å². The molecule has 0 bridgehead atoms. The first kappa shape index (κ1) is 15.7. The molecule has 2 heterocycles. The number of methoxy groups -OCH3 is 1. The highest BCUT2D eigenvalue weighted by molar-refractivity contribution is 5.90. The SMILES string of the molecule is COc1ccc(CC(=O)Nc2nnc(-c3cc(C)n(C)n3)o2)cc1. The molecular formula is C16H17N5O3. The summed E-state index contributed by atoms with van der Waals surface area (Å²) in [4.78, 5) is 12.1. The average molecular weight is 327 g/mol. The van der Waals surface area contributed by atoms with Crippen LogP contribution >= 0.6 is 0 Å². The van der Waals surface area contributed by atoms with Crippen molar-refractivity contribution in [1.29, 1.82) is 0 Å². The van der Waals surface area contributed by atoms with Crippen molar-refractivity contribution in [3.8, 4) is 17.3 Å². The molecule has 8 heteroatoms. The molecule has 1 N–H and O–H groups in total. The van der Waals surface area contributed by atoms with E-state index in [1.54, 1.807) is 23.9 Å². The van der Waals surface area contributed by atoms with Gasteiger partial charge in [-0.1, -0.05) is 17.2 Å². The number of amides is 1. The van der Waals surface area contributed by atoms with Crippen LogP contribution in [0.25, 0.3) is 11.6 Å². The Balaban J connectivity index is 1.64. The number of benzene rings is 1. The number of nitrogens with one attached hydrogen (secondary N) is 1. The number of rotatable bonds is 5. The van der Waals surface area contributed by atoms with Crippen LogP contribution in [-0.4, -0.2) is 33.0 Å². The van der Waals surface area contributed by atoms with Crippen LogP contribution < -0.4 is 10.1 Å². The van der Waals surface area contributed by atoms with Gasteiger partial charge in [0, 0.05) is 12.7 Å². The van der Waals surface area contributed by atoms with Gasteiger partial charge in [0.05, 0.1) is 13.5 Å². The third kappa shape index (κ3) is 3.43. The van der Waals surface area contributed by atoms with E-state index in [0.717, 1.165) is 17.0 Å². The van der Waals surface area contributed by atoms with E-state index in [-0.39, 0.29) is 24.2 Å². The highest BCUT2D eigenvalue weighted by atomic mass is 16.5. The number of hydrogen-bond acceptors (Lipinski definition) is 6. The Kier molecular flexibility index (Phi) is 4.28. The van der Waals surface area contributed by atoms with Gasteiger partial charge in [-0.3, -0.25) is 14.8 Å². The van der Waals surface area contributed by atoms with Crippen molar-refractivity contribution in [2.75, 3.05) is 12.4 Å². The van der Waals surface area contributed by atoms with Crippen LogP contribution in [0, 0.1) is 6.92 Å². The van der Waals surface area contributed by atoms with Gasteiger partial charge in [-0.2, -0.15) is 5.10 Å². The Morgan fingerprint density at radius 1 is 1.29 bits per heavy atom. The summed E-state index contributed by atoms with van der Waals surface area (Å²) in [5.41, 5.74) is 2.39. The summed E-state index contributed by atoms with van der Waals surface area (Å²) >= 11 is 0. The number of aromatic nitrogens is 4. The first-order valence-electron chi connectivity index (χ1n) is 7.32. The zero-order valence-corrected chi connectivity index (χ0v) is 13.6. The number of carbonyl (C=O) groups excluding carboxylic acids is 1. The molecule has 0 saturated carbocycles. The smallest absolute Gasteiger partial charge is 0.322 e. The lowest BCUT2D eigenvalue weighted by Crippen LogP contribution is -2.14. The summed E-state index contributed by atoms with van der Waals surface area (Å²) in [6, 6.07) is 9.14. The predicted octanol–water partition coefficient (Wildman–Crippen LogP) is 1.97. The van der Waals surface area contributed by atoms with Crippen molar-refractivity contribution in [3.63, 3.8) is 0 Å². The van der Waals surface area contributed by atoms with E-state index < -0.39 is 0 Å². The van der Waals surface area contributed by atoms with Crippen LogP contribution in [0.4, 0.5) is 6.01 Å². The third-order valence-electron chi connectivity index (χ3n) is 3.53. The average Bonchev–Trinajstić information content (AvgIpc) is 3.15. The zero-order chi connectivity index (χ0) is 17.1.